The van der Waals surface area contributed by atoms with Crippen molar-refractivity contribution in [2.24, 2.45) is 7.05 Å². The summed E-state index contributed by atoms with van der Waals surface area (Å²) in [5, 5.41) is 16.7. The van der Waals surface area contributed by atoms with E-state index in [0.717, 1.165) is 36.9 Å². The van der Waals surface area contributed by atoms with E-state index in [1.807, 2.05) is 11.7 Å². The third-order valence-electron chi connectivity index (χ3n) is 8.03. The number of halogens is 1. The summed E-state index contributed by atoms with van der Waals surface area (Å²) in [5.41, 5.74) is 3.47. The van der Waals surface area contributed by atoms with Crippen molar-refractivity contribution in [3.63, 3.8) is 0 Å². The molecule has 1 saturated carbocycles. The van der Waals surface area contributed by atoms with Crippen molar-refractivity contribution in [3.05, 3.63) is 68.0 Å². The molecule has 0 radical (unpaired) electrons. The van der Waals surface area contributed by atoms with Crippen LogP contribution in [0.1, 0.15) is 73.1 Å². The summed E-state index contributed by atoms with van der Waals surface area (Å²) in [6, 6.07) is 5.68. The van der Waals surface area contributed by atoms with E-state index in [1.165, 1.54) is 47.9 Å². The number of ether oxygens (including phenoxy) is 2. The molecule has 3 heterocycles. The van der Waals surface area contributed by atoms with E-state index in [1.54, 1.807) is 5.41 Å². The van der Waals surface area contributed by atoms with E-state index in [2.05, 4.69) is 15.9 Å². The van der Waals surface area contributed by atoms with Gasteiger partial charge in [0.15, 0.2) is 10.4 Å². The van der Waals surface area contributed by atoms with Crippen LogP contribution >= 0.6 is 27.7 Å². The van der Waals surface area contributed by atoms with Gasteiger partial charge >= 0.3 is 11.9 Å². The van der Waals surface area contributed by atoms with Crippen molar-refractivity contribution in [1.29, 1.82) is 0 Å². The first kappa shape index (κ1) is 26.1. The smallest absolute Gasteiger partial charge is 0.355 e. The van der Waals surface area contributed by atoms with Crippen molar-refractivity contribution >= 4 is 51.2 Å². The van der Waals surface area contributed by atoms with Crippen LogP contribution < -0.4 is 0 Å². The lowest BCUT2D eigenvalue weighted by atomic mass is 9.68. The summed E-state index contributed by atoms with van der Waals surface area (Å²) in [6.07, 6.45) is 3.34. The molecule has 3 atom stereocenters. The van der Waals surface area contributed by atoms with Gasteiger partial charge in [0.05, 0.1) is 4.92 Å². The SMILES string of the molecule is CC(=O)OC(c1nn(C)c2c1C1CCC2CC1)C1(Br)C(=O)N2C(C(=O)OCc3ccc([N+](=O)[O-])cc3)=CS[C@@H]21. The number of aromatic nitrogens is 2. The number of nitro benzene ring substituents is 1. The van der Waals surface area contributed by atoms with Crippen molar-refractivity contribution in [2.45, 2.75) is 66.9 Å². The largest absolute Gasteiger partial charge is 0.456 e. The summed E-state index contributed by atoms with van der Waals surface area (Å²) < 4.78 is 11.8. The molecule has 3 aliphatic carbocycles. The van der Waals surface area contributed by atoms with Crippen LogP contribution in [-0.4, -0.2) is 47.1 Å². The molecule has 7 rings (SSSR count). The molecule has 2 unspecified atom stereocenters. The number of β-lactam (4-membered cyclic amide) rings is 1. The van der Waals surface area contributed by atoms with E-state index in [4.69, 9.17) is 14.6 Å². The molecule has 2 aromatic rings. The van der Waals surface area contributed by atoms with E-state index in [-0.39, 0.29) is 18.0 Å². The molecule has 0 N–H and O–H groups in total. The normalized spacial score (nSPS) is 27.3. The number of thioether (sulfide) groups is 1. The van der Waals surface area contributed by atoms with Gasteiger partial charge in [0.2, 0.25) is 0 Å². The summed E-state index contributed by atoms with van der Waals surface area (Å²) in [6.45, 7) is 1.20. The Morgan fingerprint density at radius 1 is 1.23 bits per heavy atom. The zero-order chi connectivity index (χ0) is 27.6. The van der Waals surface area contributed by atoms with Gasteiger partial charge in [-0.2, -0.15) is 5.10 Å². The molecule has 0 spiro atoms. The maximum absolute atomic E-state index is 13.7. The molecule has 5 aliphatic rings. The van der Waals surface area contributed by atoms with Gasteiger partial charge in [-0.25, -0.2) is 4.79 Å². The van der Waals surface area contributed by atoms with Gasteiger partial charge < -0.3 is 9.47 Å². The van der Waals surface area contributed by atoms with Crippen LogP contribution in [-0.2, 0) is 37.5 Å². The molecule has 1 aromatic carbocycles. The minimum Gasteiger partial charge on any atom is -0.456 e. The zero-order valence-electron chi connectivity index (χ0n) is 21.2. The van der Waals surface area contributed by atoms with E-state index >= 15 is 0 Å². The number of esters is 2. The fraction of sp³-hybridized carbons (Fsp3) is 0.462. The molecule has 11 nitrogen and oxygen atoms in total. The second-order valence-electron chi connectivity index (χ2n) is 10.3. The maximum Gasteiger partial charge on any atom is 0.355 e. The van der Waals surface area contributed by atoms with Gasteiger partial charge in [-0.05, 0) is 49.3 Å². The third-order valence-corrected chi connectivity index (χ3v) is 10.7. The molecule has 2 fully saturated rings. The Hall–Kier alpha value is -3.19. The predicted molar refractivity (Wildman–Crippen MR) is 143 cm³/mol. The topological polar surface area (TPSA) is 134 Å². The first-order valence-corrected chi connectivity index (χ1v) is 14.4. The van der Waals surface area contributed by atoms with Gasteiger partial charge in [-0.3, -0.25) is 29.3 Å². The Morgan fingerprint density at radius 3 is 2.54 bits per heavy atom. The highest BCUT2D eigenvalue weighted by Crippen LogP contribution is 2.60. The van der Waals surface area contributed by atoms with Gasteiger partial charge in [0.25, 0.3) is 11.6 Å². The fourth-order valence-corrected chi connectivity index (χ4v) is 8.51. The Morgan fingerprint density at radius 2 is 1.90 bits per heavy atom. The van der Waals surface area contributed by atoms with E-state index in [0.29, 0.717) is 23.1 Å². The van der Waals surface area contributed by atoms with Crippen LogP contribution in [0.4, 0.5) is 5.69 Å². The first-order valence-electron chi connectivity index (χ1n) is 12.6. The second-order valence-corrected chi connectivity index (χ2v) is 12.5. The number of fused-ring (bicyclic) bond motifs is 3. The standard InChI is InChI=1S/C26H25BrN4O7S/c1-13(32)38-22(20-19-15-5-7-16(8-6-15)21(19)29(2)28-20)26(27)24(34)30-18(12-39-25(26)30)23(33)37-11-14-3-9-17(10-4-14)31(35)36/h3-4,9-10,12,15-16,22,25H,5-8,11H2,1-2H3/t15?,16?,22?,25-,26?/m1/s1. The van der Waals surface area contributed by atoms with Gasteiger partial charge in [-0.1, -0.05) is 15.9 Å². The molecule has 204 valence electrons. The highest BCUT2D eigenvalue weighted by molar-refractivity contribution is 9.10. The van der Waals surface area contributed by atoms with Crippen LogP contribution in [0, 0.1) is 10.1 Å². The summed E-state index contributed by atoms with van der Waals surface area (Å²) in [4.78, 5) is 50.6. The zero-order valence-corrected chi connectivity index (χ0v) is 23.6. The lowest BCUT2D eigenvalue weighted by molar-refractivity contribution is -0.384. The Bertz CT molecular complexity index is 1430. The van der Waals surface area contributed by atoms with Gasteiger partial charge in [0.1, 0.15) is 23.4 Å². The number of nitro groups is 1. The Labute approximate surface area is 236 Å². The third kappa shape index (κ3) is 4.00. The maximum atomic E-state index is 13.7. The van der Waals surface area contributed by atoms with Crippen molar-refractivity contribution in [1.82, 2.24) is 14.7 Å². The number of carbonyl (C=O) groups is 3. The average Bonchev–Trinajstić information content (AvgIpc) is 3.52. The molecule has 13 heteroatoms. The highest BCUT2D eigenvalue weighted by Gasteiger charge is 2.70. The number of rotatable bonds is 7. The molecule has 1 saturated heterocycles. The van der Waals surface area contributed by atoms with Crippen LogP contribution in [0.2, 0.25) is 0 Å². The molecule has 1 aromatic heterocycles. The molecule has 2 bridgehead atoms. The Kier molecular flexibility index (Phi) is 6.33. The van der Waals surface area contributed by atoms with Crippen LogP contribution in [0.25, 0.3) is 0 Å². The molecular formula is C26H25BrN4O7S. The predicted octanol–water partition coefficient (Wildman–Crippen LogP) is 4.32. The number of aryl methyl sites for hydroxylation is 1. The number of alkyl halides is 1. The minimum atomic E-state index is -1.31. The molecule has 1 amide bonds. The fourth-order valence-electron chi connectivity index (χ4n) is 6.26. The van der Waals surface area contributed by atoms with Gasteiger partial charge in [0, 0.05) is 48.7 Å². The second kappa shape index (κ2) is 9.47. The Balaban J connectivity index is 1.22. The lowest BCUT2D eigenvalue weighted by Gasteiger charge is -2.51. The van der Waals surface area contributed by atoms with Gasteiger partial charge in [-0.15, -0.1) is 11.8 Å². The average molecular weight is 617 g/mol. The van der Waals surface area contributed by atoms with Crippen LogP contribution in [0.15, 0.2) is 35.4 Å². The number of hydrogen-bond acceptors (Lipinski definition) is 9. The number of benzene rings is 1. The monoisotopic (exact) mass is 616 g/mol. The first-order chi connectivity index (χ1) is 18.6. The summed E-state index contributed by atoms with van der Waals surface area (Å²) in [7, 11) is 1.90. The molecular weight excluding hydrogens is 592 g/mol. The van der Waals surface area contributed by atoms with E-state index in [9.17, 15) is 24.5 Å². The van der Waals surface area contributed by atoms with Crippen molar-refractivity contribution in [2.75, 3.05) is 0 Å². The minimum absolute atomic E-state index is 0.0630. The molecule has 39 heavy (non-hydrogen) atoms. The lowest BCUT2D eigenvalue weighted by Crippen LogP contribution is -2.70. The van der Waals surface area contributed by atoms with E-state index < -0.39 is 38.6 Å². The quantitative estimate of drug-likeness (QED) is 0.146. The summed E-state index contributed by atoms with van der Waals surface area (Å²) in [5.74, 6) is -0.906. The van der Waals surface area contributed by atoms with Crippen LogP contribution in [0.5, 0.6) is 0 Å². The summed E-state index contributed by atoms with van der Waals surface area (Å²) >= 11 is 4.92. The van der Waals surface area contributed by atoms with Crippen molar-refractivity contribution in [3.8, 4) is 0 Å². The number of amides is 1. The number of non-ortho nitro benzene ring substituents is 1. The van der Waals surface area contributed by atoms with Crippen molar-refractivity contribution < 1.29 is 28.8 Å². The number of hydrogen-bond donors (Lipinski definition) is 0. The molecule has 2 aliphatic heterocycles. The highest BCUT2D eigenvalue weighted by atomic mass is 79.9. The number of carbonyl (C=O) groups excluding carboxylic acids is 3. The van der Waals surface area contributed by atoms with Crippen LogP contribution in [0.3, 0.4) is 0 Å². The number of nitrogens with zero attached hydrogens (tertiary/aromatic N) is 4.